The SMILES string of the molecule is CC(C)(C)OC(=O)CCCCCNC(C=O)CC(=O)O. The average Bonchev–Trinajstić information content (AvgIpc) is 2.29. The van der Waals surface area contributed by atoms with Gasteiger partial charge in [0.25, 0.3) is 0 Å². The van der Waals surface area contributed by atoms with Gasteiger partial charge < -0.3 is 20.0 Å². The summed E-state index contributed by atoms with van der Waals surface area (Å²) in [4.78, 5) is 32.5. The number of rotatable bonds is 10. The molecule has 0 heterocycles. The van der Waals surface area contributed by atoms with Crippen LogP contribution in [-0.4, -0.2) is 41.5 Å². The van der Waals surface area contributed by atoms with Crippen molar-refractivity contribution in [2.45, 2.75) is 64.5 Å². The Morgan fingerprint density at radius 1 is 1.25 bits per heavy atom. The van der Waals surface area contributed by atoms with Crippen molar-refractivity contribution < 1.29 is 24.2 Å². The van der Waals surface area contributed by atoms with Crippen molar-refractivity contribution in [2.24, 2.45) is 0 Å². The topological polar surface area (TPSA) is 92.7 Å². The molecule has 0 aliphatic heterocycles. The van der Waals surface area contributed by atoms with Crippen molar-refractivity contribution in [3.63, 3.8) is 0 Å². The normalized spacial score (nSPS) is 12.8. The van der Waals surface area contributed by atoms with Crippen molar-refractivity contribution >= 4 is 18.2 Å². The highest BCUT2D eigenvalue weighted by Gasteiger charge is 2.15. The molecule has 116 valence electrons. The first kappa shape index (κ1) is 18.6. The van der Waals surface area contributed by atoms with Gasteiger partial charge in [0.1, 0.15) is 11.9 Å². The van der Waals surface area contributed by atoms with Crippen molar-refractivity contribution in [3.8, 4) is 0 Å². The number of carbonyl (C=O) groups is 3. The molecule has 0 bridgehead atoms. The van der Waals surface area contributed by atoms with Crippen LogP contribution >= 0.6 is 0 Å². The fraction of sp³-hybridized carbons (Fsp3) is 0.786. The molecule has 20 heavy (non-hydrogen) atoms. The standard InChI is InChI=1S/C14H25NO5/c1-14(2,3)20-13(19)7-5-4-6-8-15-11(10-16)9-12(17)18/h10-11,15H,4-9H2,1-3H3,(H,17,18). The highest BCUT2D eigenvalue weighted by molar-refractivity contribution is 5.73. The minimum absolute atomic E-state index is 0.206. The molecule has 0 fully saturated rings. The molecule has 6 heteroatoms. The van der Waals surface area contributed by atoms with Gasteiger partial charge in [-0.1, -0.05) is 6.42 Å². The number of hydrogen-bond acceptors (Lipinski definition) is 5. The van der Waals surface area contributed by atoms with Gasteiger partial charge in [0.05, 0.1) is 12.5 Å². The van der Waals surface area contributed by atoms with Crippen molar-refractivity contribution in [2.75, 3.05) is 6.54 Å². The van der Waals surface area contributed by atoms with Gasteiger partial charge in [-0.05, 0) is 40.2 Å². The van der Waals surface area contributed by atoms with E-state index < -0.39 is 17.6 Å². The summed E-state index contributed by atoms with van der Waals surface area (Å²) in [6, 6.07) is -0.640. The predicted octanol–water partition coefficient (Wildman–Crippen LogP) is 1.52. The number of carboxylic acids is 1. The van der Waals surface area contributed by atoms with Crippen molar-refractivity contribution in [1.29, 1.82) is 0 Å². The number of unbranched alkanes of at least 4 members (excludes halogenated alkanes) is 2. The second-order valence-corrected chi connectivity index (χ2v) is 5.69. The molecule has 0 saturated heterocycles. The van der Waals surface area contributed by atoms with Gasteiger partial charge in [0.15, 0.2) is 0 Å². The summed E-state index contributed by atoms with van der Waals surface area (Å²) in [5.74, 6) is -1.21. The molecule has 0 aromatic rings. The number of aliphatic carboxylic acids is 1. The Hall–Kier alpha value is -1.43. The van der Waals surface area contributed by atoms with Gasteiger partial charge in [0, 0.05) is 6.42 Å². The van der Waals surface area contributed by atoms with Crippen LogP contribution in [0.1, 0.15) is 52.9 Å². The summed E-state index contributed by atoms with van der Waals surface area (Å²) in [5.41, 5.74) is -0.452. The summed E-state index contributed by atoms with van der Waals surface area (Å²) in [6.07, 6.45) is 3.11. The van der Waals surface area contributed by atoms with E-state index >= 15 is 0 Å². The minimum atomic E-state index is -1.00. The van der Waals surface area contributed by atoms with E-state index in [1.807, 2.05) is 20.8 Å². The predicted molar refractivity (Wildman–Crippen MR) is 74.4 cm³/mol. The minimum Gasteiger partial charge on any atom is -0.481 e. The van der Waals surface area contributed by atoms with Gasteiger partial charge in [0.2, 0.25) is 0 Å². The molecule has 0 aliphatic rings. The third-order valence-electron chi connectivity index (χ3n) is 2.44. The van der Waals surface area contributed by atoms with Crippen LogP contribution in [0.2, 0.25) is 0 Å². The summed E-state index contributed by atoms with van der Waals surface area (Å²) in [6.45, 7) is 6.05. The molecule has 1 unspecified atom stereocenters. The highest BCUT2D eigenvalue weighted by atomic mass is 16.6. The number of nitrogens with one attached hydrogen (secondary N) is 1. The Kier molecular flexibility index (Phi) is 8.79. The van der Waals surface area contributed by atoms with E-state index in [9.17, 15) is 14.4 Å². The molecule has 0 rings (SSSR count). The fourth-order valence-electron chi connectivity index (χ4n) is 1.61. The largest absolute Gasteiger partial charge is 0.481 e. The molecule has 0 amide bonds. The number of carbonyl (C=O) groups excluding carboxylic acids is 2. The number of hydrogen-bond donors (Lipinski definition) is 2. The molecular weight excluding hydrogens is 262 g/mol. The first-order valence-electron chi connectivity index (χ1n) is 6.87. The second kappa shape index (κ2) is 9.47. The van der Waals surface area contributed by atoms with Crippen LogP contribution in [-0.2, 0) is 19.1 Å². The molecular formula is C14H25NO5. The van der Waals surface area contributed by atoms with Crippen LogP contribution in [0.3, 0.4) is 0 Å². The molecule has 0 aromatic heterocycles. The zero-order valence-electron chi connectivity index (χ0n) is 12.5. The Bertz CT molecular complexity index is 322. The van der Waals surface area contributed by atoms with E-state index in [0.29, 0.717) is 19.3 Å². The summed E-state index contributed by atoms with van der Waals surface area (Å²) < 4.78 is 5.18. The average molecular weight is 287 g/mol. The van der Waals surface area contributed by atoms with Gasteiger partial charge in [-0.25, -0.2) is 0 Å². The Morgan fingerprint density at radius 2 is 1.90 bits per heavy atom. The molecule has 1 atom stereocenters. The molecule has 0 saturated carbocycles. The number of esters is 1. The number of ether oxygens (including phenoxy) is 1. The highest BCUT2D eigenvalue weighted by Crippen LogP contribution is 2.10. The fourth-order valence-corrected chi connectivity index (χ4v) is 1.61. The van der Waals surface area contributed by atoms with Gasteiger partial charge in [-0.15, -0.1) is 0 Å². The van der Waals surface area contributed by atoms with Crippen molar-refractivity contribution in [3.05, 3.63) is 0 Å². The Balaban J connectivity index is 3.60. The quantitative estimate of drug-likeness (QED) is 0.359. The lowest BCUT2D eigenvalue weighted by Gasteiger charge is -2.19. The van der Waals surface area contributed by atoms with Crippen LogP contribution in [0.4, 0.5) is 0 Å². The second-order valence-electron chi connectivity index (χ2n) is 5.69. The Morgan fingerprint density at radius 3 is 2.40 bits per heavy atom. The maximum atomic E-state index is 11.4. The van der Waals surface area contributed by atoms with Gasteiger partial charge in [-0.2, -0.15) is 0 Å². The molecule has 0 spiro atoms. The Labute approximate surface area is 119 Å². The number of aldehydes is 1. The van der Waals surface area contributed by atoms with E-state index in [-0.39, 0.29) is 12.4 Å². The lowest BCUT2D eigenvalue weighted by Crippen LogP contribution is -2.33. The molecule has 0 aromatic carbocycles. The lowest BCUT2D eigenvalue weighted by atomic mass is 10.1. The first-order valence-corrected chi connectivity index (χ1v) is 6.87. The molecule has 6 nitrogen and oxygen atoms in total. The van der Waals surface area contributed by atoms with Crippen LogP contribution in [0.15, 0.2) is 0 Å². The number of carboxylic acid groups (broad SMARTS) is 1. The lowest BCUT2D eigenvalue weighted by molar-refractivity contribution is -0.155. The monoisotopic (exact) mass is 287 g/mol. The summed E-state index contributed by atoms with van der Waals surface area (Å²) in [7, 11) is 0. The maximum Gasteiger partial charge on any atom is 0.306 e. The molecule has 0 radical (unpaired) electrons. The molecule has 2 N–H and O–H groups in total. The van der Waals surface area contributed by atoms with Crippen LogP contribution < -0.4 is 5.32 Å². The van der Waals surface area contributed by atoms with Gasteiger partial charge >= 0.3 is 11.9 Å². The maximum absolute atomic E-state index is 11.4. The molecule has 0 aliphatic carbocycles. The van der Waals surface area contributed by atoms with E-state index in [1.54, 1.807) is 0 Å². The van der Waals surface area contributed by atoms with E-state index in [4.69, 9.17) is 9.84 Å². The third-order valence-corrected chi connectivity index (χ3v) is 2.44. The smallest absolute Gasteiger partial charge is 0.306 e. The zero-order valence-corrected chi connectivity index (χ0v) is 12.5. The van der Waals surface area contributed by atoms with E-state index in [1.165, 1.54) is 0 Å². The summed E-state index contributed by atoms with van der Waals surface area (Å²) in [5, 5.41) is 11.4. The van der Waals surface area contributed by atoms with Crippen LogP contribution in [0.25, 0.3) is 0 Å². The van der Waals surface area contributed by atoms with Crippen LogP contribution in [0, 0.1) is 0 Å². The summed E-state index contributed by atoms with van der Waals surface area (Å²) >= 11 is 0. The zero-order chi connectivity index (χ0) is 15.6. The van der Waals surface area contributed by atoms with Crippen LogP contribution in [0.5, 0.6) is 0 Å². The van der Waals surface area contributed by atoms with Gasteiger partial charge in [-0.3, -0.25) is 9.59 Å². The third kappa shape index (κ3) is 11.6. The first-order chi connectivity index (χ1) is 9.24. The van der Waals surface area contributed by atoms with Crippen molar-refractivity contribution in [1.82, 2.24) is 5.32 Å². The van der Waals surface area contributed by atoms with E-state index in [2.05, 4.69) is 5.32 Å². The van der Waals surface area contributed by atoms with E-state index in [0.717, 1.165) is 19.3 Å².